The van der Waals surface area contributed by atoms with Gasteiger partial charge in [0.15, 0.2) is 0 Å². The zero-order valence-electron chi connectivity index (χ0n) is 4.90. The Morgan fingerprint density at radius 3 is 1.78 bits per heavy atom. The average molecular weight is 205 g/mol. The number of hydrogen-bond donors (Lipinski definition) is 0. The van der Waals surface area contributed by atoms with Crippen molar-refractivity contribution in [2.75, 3.05) is 13.2 Å². The van der Waals surface area contributed by atoms with Crippen LogP contribution in [-0.2, 0) is 4.74 Å². The molecule has 0 aliphatic carbocycles. The Balaban J connectivity index is 0. The zero-order chi connectivity index (χ0) is 6.24. The van der Waals surface area contributed by atoms with Crippen molar-refractivity contribution in [3.63, 3.8) is 0 Å². The molecule has 0 atom stereocenters. The molecule has 0 saturated carbocycles. The minimum atomic E-state index is 0. The molecule has 52 valence electrons. The van der Waals surface area contributed by atoms with Gasteiger partial charge in [-0.05, 0) is 17.8 Å². The van der Waals surface area contributed by atoms with Crippen molar-refractivity contribution < 1.29 is 4.74 Å². The predicted molar refractivity (Wildman–Crippen MR) is 47.7 cm³/mol. The molecule has 1 aliphatic rings. The number of rotatable bonds is 0. The quantitative estimate of drug-likeness (QED) is 0.543. The fraction of sp³-hybridized carbons (Fsp3) is 0.667. The summed E-state index contributed by atoms with van der Waals surface area (Å²) in [5, 5.41) is 0. The van der Waals surface area contributed by atoms with E-state index in [1.54, 1.807) is 4.99 Å². The summed E-state index contributed by atoms with van der Waals surface area (Å²) in [6, 6.07) is 0. The number of ether oxygens (including phenoxy) is 1. The van der Waals surface area contributed by atoms with E-state index in [4.69, 9.17) is 4.74 Å². The van der Waals surface area contributed by atoms with Crippen LogP contribution in [0.1, 0.15) is 12.8 Å². The maximum atomic E-state index is 4.94. The van der Waals surface area contributed by atoms with E-state index in [2.05, 4.69) is 22.5 Å². The van der Waals surface area contributed by atoms with E-state index in [0.29, 0.717) is 0 Å². The molecule has 1 fully saturated rings. The maximum Gasteiger partial charge on any atom is 0.316 e. The molecule has 0 spiro atoms. The third-order valence-corrected chi connectivity index (χ3v) is 0.827. The second-order valence-electron chi connectivity index (χ2n) is 1.47. The highest BCUT2D eigenvalue weighted by atomic mass is 79.9. The van der Waals surface area contributed by atoms with Gasteiger partial charge in [0.1, 0.15) is 0 Å². The molecule has 1 nitrogen and oxygen atoms in total. The standard InChI is InChI=1S/C4H8O.C2H3Br.Mg.2H/c1-2-4-5-3-1;1-2-3;;;/h1-4H2;2H,1H2;;;. The van der Waals surface area contributed by atoms with Crippen molar-refractivity contribution in [1.29, 1.82) is 0 Å². The first kappa shape index (κ1) is 12.6. The van der Waals surface area contributed by atoms with Gasteiger partial charge in [-0.25, -0.2) is 0 Å². The van der Waals surface area contributed by atoms with Crippen molar-refractivity contribution in [3.8, 4) is 0 Å². The Labute approximate surface area is 81.1 Å². The Morgan fingerprint density at radius 2 is 1.67 bits per heavy atom. The third-order valence-electron chi connectivity index (χ3n) is 0.827. The first-order valence-electron chi connectivity index (χ1n) is 2.70. The van der Waals surface area contributed by atoms with Gasteiger partial charge in [0.25, 0.3) is 0 Å². The van der Waals surface area contributed by atoms with Gasteiger partial charge >= 0.3 is 23.1 Å². The van der Waals surface area contributed by atoms with E-state index in [9.17, 15) is 0 Å². The normalized spacial score (nSPS) is 14.8. The highest BCUT2D eigenvalue weighted by molar-refractivity contribution is 9.11. The minimum absolute atomic E-state index is 0. The fourth-order valence-corrected chi connectivity index (χ4v) is 0.510. The van der Waals surface area contributed by atoms with Gasteiger partial charge in [-0.3, -0.25) is 0 Å². The first-order chi connectivity index (χ1) is 3.91. The van der Waals surface area contributed by atoms with Crippen LogP contribution in [0.25, 0.3) is 0 Å². The van der Waals surface area contributed by atoms with Crippen molar-refractivity contribution in [3.05, 3.63) is 11.6 Å². The van der Waals surface area contributed by atoms with Gasteiger partial charge in [-0.15, -0.1) is 0 Å². The smallest absolute Gasteiger partial charge is 0.316 e. The topological polar surface area (TPSA) is 9.23 Å². The van der Waals surface area contributed by atoms with Gasteiger partial charge in [0.05, 0.1) is 0 Å². The second-order valence-corrected chi connectivity index (χ2v) is 2.12. The van der Waals surface area contributed by atoms with Crippen LogP contribution in [0, 0.1) is 0 Å². The van der Waals surface area contributed by atoms with E-state index < -0.39 is 0 Å². The van der Waals surface area contributed by atoms with Crippen molar-refractivity contribution in [1.82, 2.24) is 0 Å². The number of hydrogen-bond acceptors (Lipinski definition) is 1. The Morgan fingerprint density at radius 1 is 1.33 bits per heavy atom. The summed E-state index contributed by atoms with van der Waals surface area (Å²) in [5.74, 6) is 0. The molecule has 1 aliphatic heterocycles. The van der Waals surface area contributed by atoms with Crippen LogP contribution in [0.2, 0.25) is 0 Å². The van der Waals surface area contributed by atoms with Crippen LogP contribution < -0.4 is 0 Å². The minimum Gasteiger partial charge on any atom is -0.381 e. The molecule has 0 aromatic carbocycles. The van der Waals surface area contributed by atoms with Crippen molar-refractivity contribution >= 4 is 39.0 Å². The molecule has 0 unspecified atom stereocenters. The van der Waals surface area contributed by atoms with Crippen LogP contribution in [-0.4, -0.2) is 36.3 Å². The molecule has 3 heteroatoms. The van der Waals surface area contributed by atoms with Gasteiger partial charge in [-0.1, -0.05) is 22.5 Å². The fourth-order valence-electron chi connectivity index (χ4n) is 0.510. The summed E-state index contributed by atoms with van der Waals surface area (Å²) in [6.07, 6.45) is 2.56. The largest absolute Gasteiger partial charge is 0.381 e. The molecule has 0 amide bonds. The lowest BCUT2D eigenvalue weighted by molar-refractivity contribution is 0.198. The highest BCUT2D eigenvalue weighted by Crippen LogP contribution is 1.98. The van der Waals surface area contributed by atoms with Gasteiger partial charge < -0.3 is 4.74 Å². The molecule has 9 heavy (non-hydrogen) atoms. The molecule has 0 N–H and O–H groups in total. The van der Waals surface area contributed by atoms with E-state index in [0.717, 1.165) is 13.2 Å². The number of halogens is 1. The predicted octanol–water partition coefficient (Wildman–Crippen LogP) is 1.41. The van der Waals surface area contributed by atoms with E-state index in [-0.39, 0.29) is 23.1 Å². The highest BCUT2D eigenvalue weighted by Gasteiger charge is 1.94. The molecular formula is C6H13BrMgO. The lowest BCUT2D eigenvalue weighted by atomic mass is 10.4. The van der Waals surface area contributed by atoms with Gasteiger partial charge in [-0.2, -0.15) is 0 Å². The summed E-state index contributed by atoms with van der Waals surface area (Å²) < 4.78 is 4.94. The summed E-state index contributed by atoms with van der Waals surface area (Å²) in [4.78, 5) is 1.56. The van der Waals surface area contributed by atoms with Crippen LogP contribution in [0.4, 0.5) is 0 Å². The van der Waals surface area contributed by atoms with Gasteiger partial charge in [0, 0.05) is 13.2 Å². The molecule has 0 bridgehead atoms. The Bertz CT molecular complexity index is 47.4. The van der Waals surface area contributed by atoms with E-state index in [1.807, 2.05) is 0 Å². The third kappa shape index (κ3) is 12.2. The second kappa shape index (κ2) is 11.7. The summed E-state index contributed by atoms with van der Waals surface area (Å²) in [6.45, 7) is 5.28. The lowest BCUT2D eigenvalue weighted by Gasteiger charge is -1.76. The first-order valence-corrected chi connectivity index (χ1v) is 3.62. The molecule has 1 rings (SSSR count). The summed E-state index contributed by atoms with van der Waals surface area (Å²) in [5.41, 5.74) is 0. The monoisotopic (exact) mass is 204 g/mol. The molecule has 0 aromatic heterocycles. The van der Waals surface area contributed by atoms with Crippen LogP contribution in [0.3, 0.4) is 0 Å². The average Bonchev–Trinajstić information content (AvgIpc) is 2.17. The van der Waals surface area contributed by atoms with Gasteiger partial charge in [0.2, 0.25) is 0 Å². The Kier molecular flexibility index (Phi) is 16.4. The van der Waals surface area contributed by atoms with E-state index in [1.165, 1.54) is 12.8 Å². The molecule has 0 aromatic rings. The lowest BCUT2D eigenvalue weighted by Crippen LogP contribution is -1.74. The van der Waals surface area contributed by atoms with Crippen LogP contribution in [0.15, 0.2) is 11.6 Å². The summed E-state index contributed by atoms with van der Waals surface area (Å²) in [7, 11) is 0. The van der Waals surface area contributed by atoms with Crippen LogP contribution in [0.5, 0.6) is 0 Å². The SMILES string of the molecule is C1CCOC1.C=CBr.[MgH2]. The Hall–Kier alpha value is 0.946. The zero-order valence-corrected chi connectivity index (χ0v) is 6.49. The summed E-state index contributed by atoms with van der Waals surface area (Å²) >= 11 is 2.91. The molecule has 0 radical (unpaired) electrons. The van der Waals surface area contributed by atoms with Crippen LogP contribution >= 0.6 is 15.9 Å². The molecule has 1 saturated heterocycles. The van der Waals surface area contributed by atoms with E-state index >= 15 is 0 Å². The maximum absolute atomic E-state index is 4.94. The molecule has 1 heterocycles. The van der Waals surface area contributed by atoms with Crippen molar-refractivity contribution in [2.45, 2.75) is 12.8 Å². The van der Waals surface area contributed by atoms with Crippen molar-refractivity contribution in [2.24, 2.45) is 0 Å². The molecular weight excluding hydrogens is 192 g/mol.